The first-order valence-electron chi connectivity index (χ1n) is 6.28. The summed E-state index contributed by atoms with van der Waals surface area (Å²) in [6.07, 6.45) is 0. The van der Waals surface area contributed by atoms with Crippen LogP contribution in [0.25, 0.3) is 0 Å². The Morgan fingerprint density at radius 2 is 2.10 bits per heavy atom. The quantitative estimate of drug-likeness (QED) is 0.731. The van der Waals surface area contributed by atoms with Crippen molar-refractivity contribution in [2.45, 2.75) is 19.9 Å². The number of phenolic OH excluding ortho intramolecular Hbond substituents is 1. The first-order valence-corrected chi connectivity index (χ1v) is 6.28. The maximum atomic E-state index is 12.1. The van der Waals surface area contributed by atoms with E-state index in [1.54, 1.807) is 32.0 Å². The molecule has 1 atom stereocenters. The Balaban J connectivity index is 2.48. The Kier molecular flexibility index (Phi) is 3.93. The summed E-state index contributed by atoms with van der Waals surface area (Å²) in [6, 6.07) is 5.39. The Bertz CT molecular complexity index is 580. The lowest BCUT2D eigenvalue weighted by Crippen LogP contribution is -2.45. The minimum Gasteiger partial charge on any atom is -0.508 e. The highest BCUT2D eigenvalue weighted by Crippen LogP contribution is 2.32. The Labute approximate surface area is 116 Å². The summed E-state index contributed by atoms with van der Waals surface area (Å²) in [5, 5.41) is 15.1. The molecule has 106 valence electrons. The summed E-state index contributed by atoms with van der Waals surface area (Å²) in [5.74, 6) is -0.514. The van der Waals surface area contributed by atoms with E-state index in [-0.39, 0.29) is 17.9 Å². The number of carbonyl (C=O) groups excluding carboxylic acids is 2. The fraction of sp³-hybridized carbons (Fsp3) is 0.286. The van der Waals surface area contributed by atoms with E-state index in [9.17, 15) is 14.7 Å². The summed E-state index contributed by atoms with van der Waals surface area (Å²) in [6.45, 7) is 3.56. The molecule has 1 aliphatic heterocycles. The van der Waals surface area contributed by atoms with Gasteiger partial charge in [0.1, 0.15) is 5.75 Å². The van der Waals surface area contributed by atoms with Crippen LogP contribution in [0.2, 0.25) is 0 Å². The van der Waals surface area contributed by atoms with Crippen LogP contribution in [0.3, 0.4) is 0 Å². The van der Waals surface area contributed by atoms with Crippen molar-refractivity contribution in [3.8, 4) is 5.75 Å². The van der Waals surface area contributed by atoms with Crippen LogP contribution < -0.4 is 10.6 Å². The van der Waals surface area contributed by atoms with Gasteiger partial charge in [0.25, 0.3) is 0 Å². The first-order chi connectivity index (χ1) is 9.54. The van der Waals surface area contributed by atoms with Crippen LogP contribution in [-0.4, -0.2) is 23.7 Å². The molecule has 3 N–H and O–H groups in total. The normalized spacial score (nSPS) is 18.3. The predicted octanol–water partition coefficient (Wildman–Crippen LogP) is 1.58. The van der Waals surface area contributed by atoms with Gasteiger partial charge in [0, 0.05) is 11.3 Å². The van der Waals surface area contributed by atoms with Gasteiger partial charge >= 0.3 is 12.0 Å². The molecule has 2 rings (SSSR count). The summed E-state index contributed by atoms with van der Waals surface area (Å²) < 4.78 is 5.01. The van der Waals surface area contributed by atoms with E-state index < -0.39 is 18.0 Å². The van der Waals surface area contributed by atoms with E-state index in [2.05, 4.69) is 10.6 Å². The van der Waals surface area contributed by atoms with Crippen LogP contribution in [0.4, 0.5) is 4.79 Å². The maximum Gasteiger partial charge on any atom is 0.338 e. The van der Waals surface area contributed by atoms with Crippen molar-refractivity contribution >= 4 is 12.0 Å². The van der Waals surface area contributed by atoms with Crippen molar-refractivity contribution in [1.29, 1.82) is 0 Å². The van der Waals surface area contributed by atoms with E-state index in [4.69, 9.17) is 4.74 Å². The third-order valence-corrected chi connectivity index (χ3v) is 3.01. The largest absolute Gasteiger partial charge is 0.508 e. The summed E-state index contributed by atoms with van der Waals surface area (Å²) in [5.41, 5.74) is 1.15. The van der Waals surface area contributed by atoms with Crippen LogP contribution >= 0.6 is 0 Å². The average Bonchev–Trinajstić information content (AvgIpc) is 2.38. The third-order valence-electron chi connectivity index (χ3n) is 3.01. The van der Waals surface area contributed by atoms with Crippen molar-refractivity contribution in [2.75, 3.05) is 6.61 Å². The van der Waals surface area contributed by atoms with Crippen LogP contribution in [0.15, 0.2) is 35.5 Å². The van der Waals surface area contributed by atoms with Gasteiger partial charge in [0.2, 0.25) is 0 Å². The number of hydrogen-bond donors (Lipinski definition) is 3. The molecule has 6 heteroatoms. The average molecular weight is 276 g/mol. The number of esters is 1. The molecule has 1 aromatic rings. The van der Waals surface area contributed by atoms with Crippen molar-refractivity contribution in [1.82, 2.24) is 10.6 Å². The summed E-state index contributed by atoms with van der Waals surface area (Å²) in [4.78, 5) is 23.7. The monoisotopic (exact) mass is 276 g/mol. The molecule has 20 heavy (non-hydrogen) atoms. The van der Waals surface area contributed by atoms with Gasteiger partial charge < -0.3 is 20.5 Å². The third kappa shape index (κ3) is 2.59. The first kappa shape index (κ1) is 13.9. The zero-order valence-electron chi connectivity index (χ0n) is 11.3. The van der Waals surface area contributed by atoms with E-state index in [0.717, 1.165) is 0 Å². The molecule has 1 aromatic carbocycles. The molecule has 0 radical (unpaired) electrons. The number of carbonyl (C=O) groups is 2. The molecule has 1 aliphatic rings. The Morgan fingerprint density at radius 3 is 2.75 bits per heavy atom. The highest BCUT2D eigenvalue weighted by atomic mass is 16.5. The number of hydrogen-bond acceptors (Lipinski definition) is 4. The molecule has 0 aliphatic carbocycles. The van der Waals surface area contributed by atoms with Gasteiger partial charge in [-0.1, -0.05) is 18.2 Å². The van der Waals surface area contributed by atoms with Gasteiger partial charge in [-0.05, 0) is 19.9 Å². The smallest absolute Gasteiger partial charge is 0.338 e. The Morgan fingerprint density at radius 1 is 1.40 bits per heavy atom. The second kappa shape index (κ2) is 5.64. The number of allylic oxidation sites excluding steroid dienone is 1. The zero-order valence-corrected chi connectivity index (χ0v) is 11.3. The standard InChI is InChI=1S/C14H16N2O4/c1-3-20-13(18)11-8(2)15-14(19)16-12(11)9-6-4-5-7-10(9)17/h4-7,12,17H,3H2,1-2H3,(H2,15,16,19)/t12-/m0/s1. The highest BCUT2D eigenvalue weighted by molar-refractivity contribution is 5.95. The van der Waals surface area contributed by atoms with Gasteiger partial charge in [-0.25, -0.2) is 9.59 Å². The number of ether oxygens (including phenoxy) is 1. The van der Waals surface area contributed by atoms with E-state index in [1.165, 1.54) is 6.07 Å². The molecule has 0 bridgehead atoms. The van der Waals surface area contributed by atoms with Crippen LogP contribution in [-0.2, 0) is 9.53 Å². The second-order valence-corrected chi connectivity index (χ2v) is 4.35. The lowest BCUT2D eigenvalue weighted by molar-refractivity contribution is -0.139. The van der Waals surface area contributed by atoms with Gasteiger partial charge in [-0.15, -0.1) is 0 Å². The molecule has 0 saturated carbocycles. The number of nitrogens with one attached hydrogen (secondary N) is 2. The maximum absolute atomic E-state index is 12.1. The van der Waals surface area contributed by atoms with Crippen molar-refractivity contribution in [3.63, 3.8) is 0 Å². The molecular weight excluding hydrogens is 260 g/mol. The molecule has 0 aromatic heterocycles. The molecule has 2 amide bonds. The predicted molar refractivity (Wildman–Crippen MR) is 71.8 cm³/mol. The molecule has 0 saturated heterocycles. The molecule has 0 fully saturated rings. The second-order valence-electron chi connectivity index (χ2n) is 4.35. The fourth-order valence-corrected chi connectivity index (χ4v) is 2.14. The Hall–Kier alpha value is -2.50. The van der Waals surface area contributed by atoms with Crippen molar-refractivity contribution in [2.24, 2.45) is 0 Å². The number of benzene rings is 1. The minimum absolute atomic E-state index is 0.00861. The number of rotatable bonds is 3. The van der Waals surface area contributed by atoms with Crippen molar-refractivity contribution < 1.29 is 19.4 Å². The molecular formula is C14H16N2O4. The van der Waals surface area contributed by atoms with Crippen LogP contribution in [0.1, 0.15) is 25.5 Å². The SMILES string of the molecule is CCOC(=O)C1=C(C)NC(=O)N[C@H]1c1ccccc1O. The minimum atomic E-state index is -0.732. The number of amides is 2. The highest BCUT2D eigenvalue weighted by Gasteiger charge is 2.33. The van der Waals surface area contributed by atoms with Gasteiger partial charge in [-0.3, -0.25) is 0 Å². The van der Waals surface area contributed by atoms with Gasteiger partial charge in [0.05, 0.1) is 18.2 Å². The molecule has 1 heterocycles. The lowest BCUT2D eigenvalue weighted by atomic mass is 9.95. The zero-order chi connectivity index (χ0) is 14.7. The fourth-order valence-electron chi connectivity index (χ4n) is 2.14. The number of aromatic hydroxyl groups is 1. The number of phenols is 1. The van der Waals surface area contributed by atoms with Crippen molar-refractivity contribution in [3.05, 3.63) is 41.1 Å². The van der Waals surface area contributed by atoms with Gasteiger partial charge in [-0.2, -0.15) is 0 Å². The van der Waals surface area contributed by atoms with E-state index in [0.29, 0.717) is 11.3 Å². The van der Waals surface area contributed by atoms with E-state index in [1.807, 2.05) is 0 Å². The number of urea groups is 1. The van der Waals surface area contributed by atoms with E-state index >= 15 is 0 Å². The van der Waals surface area contributed by atoms with Crippen LogP contribution in [0, 0.1) is 0 Å². The lowest BCUT2D eigenvalue weighted by Gasteiger charge is -2.28. The topological polar surface area (TPSA) is 87.7 Å². The van der Waals surface area contributed by atoms with Crippen LogP contribution in [0.5, 0.6) is 5.75 Å². The molecule has 0 unspecified atom stereocenters. The molecule has 6 nitrogen and oxygen atoms in total. The summed E-state index contributed by atoms with van der Waals surface area (Å²) >= 11 is 0. The number of para-hydroxylation sites is 1. The summed E-state index contributed by atoms with van der Waals surface area (Å²) in [7, 11) is 0. The molecule has 0 spiro atoms. The van der Waals surface area contributed by atoms with Gasteiger partial charge in [0.15, 0.2) is 0 Å².